The minimum absolute atomic E-state index is 0.509. The Hall–Kier alpha value is -0.410. The summed E-state index contributed by atoms with van der Waals surface area (Å²) in [4.78, 5) is 17.3. The van der Waals surface area contributed by atoms with Crippen LogP contribution >= 0.6 is 7.82 Å². The standard InChI is InChI=1S/C8H13O4P/c1-7-4-3-5-8(2,6-7)12-13(9,10)11/h3-5H,6H2,1-2H3,(H2,9,10,11). The van der Waals surface area contributed by atoms with Gasteiger partial charge in [0.05, 0.1) is 5.60 Å². The molecule has 0 heterocycles. The quantitative estimate of drug-likeness (QED) is 0.672. The van der Waals surface area contributed by atoms with E-state index < -0.39 is 13.4 Å². The Morgan fingerprint density at radius 3 is 2.69 bits per heavy atom. The van der Waals surface area contributed by atoms with Gasteiger partial charge in [-0.15, -0.1) is 0 Å². The number of rotatable bonds is 2. The van der Waals surface area contributed by atoms with Crippen LogP contribution in [0.25, 0.3) is 0 Å². The molecule has 0 amide bonds. The monoisotopic (exact) mass is 204 g/mol. The molecule has 4 nitrogen and oxygen atoms in total. The van der Waals surface area contributed by atoms with E-state index in [1.165, 1.54) is 0 Å². The van der Waals surface area contributed by atoms with E-state index in [0.717, 1.165) is 5.57 Å². The lowest BCUT2D eigenvalue weighted by molar-refractivity contribution is 0.0879. The highest BCUT2D eigenvalue weighted by molar-refractivity contribution is 7.46. The lowest BCUT2D eigenvalue weighted by Gasteiger charge is -2.28. The second kappa shape index (κ2) is 3.39. The smallest absolute Gasteiger partial charge is 0.303 e. The number of hydrogen-bond acceptors (Lipinski definition) is 2. The van der Waals surface area contributed by atoms with Crippen LogP contribution in [-0.4, -0.2) is 15.4 Å². The summed E-state index contributed by atoms with van der Waals surface area (Å²) >= 11 is 0. The molecule has 0 bridgehead atoms. The van der Waals surface area contributed by atoms with E-state index in [4.69, 9.17) is 9.79 Å². The number of phosphoric acid groups is 1. The van der Waals surface area contributed by atoms with Crippen LogP contribution in [-0.2, 0) is 9.09 Å². The van der Waals surface area contributed by atoms with E-state index in [2.05, 4.69) is 4.52 Å². The van der Waals surface area contributed by atoms with E-state index in [0.29, 0.717) is 6.42 Å². The summed E-state index contributed by atoms with van der Waals surface area (Å²) in [5, 5.41) is 0. The SMILES string of the molecule is CC1=CC=CC(C)(OP(=O)(O)O)C1. The molecular weight excluding hydrogens is 191 g/mol. The van der Waals surface area contributed by atoms with Crippen LogP contribution in [0, 0.1) is 0 Å². The molecule has 2 N–H and O–H groups in total. The summed E-state index contributed by atoms with van der Waals surface area (Å²) in [6.07, 6.45) is 5.80. The summed E-state index contributed by atoms with van der Waals surface area (Å²) in [7, 11) is -4.40. The molecule has 1 atom stereocenters. The van der Waals surface area contributed by atoms with Gasteiger partial charge < -0.3 is 9.79 Å². The predicted molar refractivity (Wildman–Crippen MR) is 49.0 cm³/mol. The highest BCUT2D eigenvalue weighted by Gasteiger charge is 2.32. The van der Waals surface area contributed by atoms with Crippen molar-refractivity contribution in [1.82, 2.24) is 0 Å². The number of allylic oxidation sites excluding steroid dienone is 2. The van der Waals surface area contributed by atoms with Crippen LogP contribution in [0.4, 0.5) is 0 Å². The van der Waals surface area contributed by atoms with Crippen molar-refractivity contribution in [3.05, 3.63) is 23.8 Å². The number of hydrogen-bond donors (Lipinski definition) is 2. The van der Waals surface area contributed by atoms with Crippen molar-refractivity contribution in [3.63, 3.8) is 0 Å². The highest BCUT2D eigenvalue weighted by atomic mass is 31.2. The molecule has 0 saturated carbocycles. The molecule has 0 aromatic heterocycles. The van der Waals surface area contributed by atoms with Crippen LogP contribution in [0.2, 0.25) is 0 Å². The van der Waals surface area contributed by atoms with Crippen LogP contribution in [0.3, 0.4) is 0 Å². The first-order valence-corrected chi connectivity index (χ1v) is 5.45. The van der Waals surface area contributed by atoms with Gasteiger partial charge in [-0.05, 0) is 13.8 Å². The maximum atomic E-state index is 10.6. The first-order valence-electron chi connectivity index (χ1n) is 3.92. The summed E-state index contributed by atoms with van der Waals surface area (Å²) in [6, 6.07) is 0. The normalized spacial score (nSPS) is 28.8. The van der Waals surface area contributed by atoms with Gasteiger partial charge in [0.2, 0.25) is 0 Å². The molecule has 5 heteroatoms. The van der Waals surface area contributed by atoms with Gasteiger partial charge >= 0.3 is 7.82 Å². The Morgan fingerprint density at radius 2 is 2.23 bits per heavy atom. The molecule has 0 fully saturated rings. The minimum Gasteiger partial charge on any atom is -0.303 e. The maximum absolute atomic E-state index is 10.6. The van der Waals surface area contributed by atoms with Gasteiger partial charge in [0.1, 0.15) is 0 Å². The first-order chi connectivity index (χ1) is 5.81. The van der Waals surface area contributed by atoms with Crippen LogP contribution in [0.15, 0.2) is 23.8 Å². The molecule has 0 aromatic rings. The van der Waals surface area contributed by atoms with E-state index in [-0.39, 0.29) is 0 Å². The van der Waals surface area contributed by atoms with E-state index in [1.54, 1.807) is 19.1 Å². The molecule has 13 heavy (non-hydrogen) atoms. The predicted octanol–water partition coefficient (Wildman–Crippen LogP) is 1.76. The average Bonchev–Trinajstić information content (AvgIpc) is 1.79. The fourth-order valence-corrected chi connectivity index (χ4v) is 2.09. The van der Waals surface area contributed by atoms with Gasteiger partial charge in [-0.2, -0.15) is 0 Å². The van der Waals surface area contributed by atoms with Crippen molar-refractivity contribution < 1.29 is 18.9 Å². The van der Waals surface area contributed by atoms with Gasteiger partial charge in [0.15, 0.2) is 0 Å². The molecule has 0 saturated heterocycles. The van der Waals surface area contributed by atoms with Crippen molar-refractivity contribution in [2.45, 2.75) is 25.9 Å². The third-order valence-corrected chi connectivity index (χ3v) is 2.44. The molecule has 0 spiro atoms. The summed E-state index contributed by atoms with van der Waals surface area (Å²) in [6.45, 7) is 3.55. The minimum atomic E-state index is -4.40. The molecule has 0 radical (unpaired) electrons. The van der Waals surface area contributed by atoms with Gasteiger partial charge in [-0.3, -0.25) is 4.52 Å². The van der Waals surface area contributed by atoms with Crippen molar-refractivity contribution >= 4 is 7.82 Å². The molecule has 74 valence electrons. The highest BCUT2D eigenvalue weighted by Crippen LogP contribution is 2.44. The molecule has 0 aromatic carbocycles. The fourth-order valence-electron chi connectivity index (χ4n) is 1.42. The van der Waals surface area contributed by atoms with E-state index in [1.807, 2.05) is 13.0 Å². The summed E-state index contributed by atoms with van der Waals surface area (Å²) < 4.78 is 15.3. The molecule has 0 aliphatic heterocycles. The Morgan fingerprint density at radius 1 is 1.62 bits per heavy atom. The Kier molecular flexibility index (Phi) is 2.78. The third kappa shape index (κ3) is 3.44. The Bertz CT molecular complexity index is 301. The fraction of sp³-hybridized carbons (Fsp3) is 0.500. The first kappa shape index (κ1) is 10.7. The molecule has 1 aliphatic rings. The van der Waals surface area contributed by atoms with Gasteiger partial charge in [0, 0.05) is 6.42 Å². The van der Waals surface area contributed by atoms with Gasteiger partial charge in [0.25, 0.3) is 0 Å². The Labute approximate surface area is 77.2 Å². The van der Waals surface area contributed by atoms with Gasteiger partial charge in [-0.25, -0.2) is 4.57 Å². The average molecular weight is 204 g/mol. The van der Waals surface area contributed by atoms with Crippen LogP contribution in [0.5, 0.6) is 0 Å². The van der Waals surface area contributed by atoms with E-state index >= 15 is 0 Å². The summed E-state index contributed by atoms with van der Waals surface area (Å²) in [5.41, 5.74) is 0.163. The lowest BCUT2D eigenvalue weighted by atomic mass is 9.93. The lowest BCUT2D eigenvalue weighted by Crippen LogP contribution is -2.26. The topological polar surface area (TPSA) is 66.8 Å². The molecular formula is C8H13O4P. The maximum Gasteiger partial charge on any atom is 0.470 e. The van der Waals surface area contributed by atoms with Gasteiger partial charge in [-0.1, -0.05) is 23.8 Å². The van der Waals surface area contributed by atoms with E-state index in [9.17, 15) is 4.57 Å². The zero-order chi connectivity index (χ0) is 10.1. The van der Waals surface area contributed by atoms with Crippen molar-refractivity contribution in [1.29, 1.82) is 0 Å². The largest absolute Gasteiger partial charge is 0.470 e. The van der Waals surface area contributed by atoms with Crippen molar-refractivity contribution in [2.24, 2.45) is 0 Å². The molecule has 1 rings (SSSR count). The number of phosphoric ester groups is 1. The Balaban J connectivity index is 2.75. The van der Waals surface area contributed by atoms with Crippen molar-refractivity contribution in [3.8, 4) is 0 Å². The second-order valence-corrected chi connectivity index (χ2v) is 4.61. The third-order valence-electron chi connectivity index (χ3n) is 1.79. The van der Waals surface area contributed by atoms with Crippen LogP contribution < -0.4 is 0 Å². The zero-order valence-electron chi connectivity index (χ0n) is 7.60. The molecule has 1 unspecified atom stereocenters. The second-order valence-electron chi connectivity index (χ2n) is 3.44. The zero-order valence-corrected chi connectivity index (χ0v) is 8.49. The summed E-state index contributed by atoms with van der Waals surface area (Å²) in [5.74, 6) is 0. The van der Waals surface area contributed by atoms with Crippen LogP contribution in [0.1, 0.15) is 20.3 Å². The van der Waals surface area contributed by atoms with Crippen molar-refractivity contribution in [2.75, 3.05) is 0 Å². The molecule has 1 aliphatic carbocycles.